The van der Waals surface area contributed by atoms with E-state index in [2.05, 4.69) is 39.6 Å². The molecule has 4 nitrogen and oxygen atoms in total. The Hall–Kier alpha value is -3.40. The minimum Gasteiger partial charge on any atom is -0.346 e. The smallest absolute Gasteiger partial charge is 0.224 e. The fourth-order valence-electron chi connectivity index (χ4n) is 3.21. The van der Waals surface area contributed by atoms with Crippen molar-refractivity contribution in [1.82, 2.24) is 9.97 Å². The SMILES string of the molecule is Cc1cccc(NC(=O)CCc2cccc(-c3cnc4[nH]ccc4c3)c2)c1. The second-order valence-electron chi connectivity index (χ2n) is 6.76. The highest BCUT2D eigenvalue weighted by Crippen LogP contribution is 2.23. The molecule has 0 fully saturated rings. The molecule has 0 aliphatic heterocycles. The van der Waals surface area contributed by atoms with E-state index in [4.69, 9.17) is 0 Å². The van der Waals surface area contributed by atoms with E-state index in [1.165, 1.54) is 0 Å². The summed E-state index contributed by atoms with van der Waals surface area (Å²) in [4.78, 5) is 19.8. The van der Waals surface area contributed by atoms with Crippen LogP contribution in [0.25, 0.3) is 22.2 Å². The number of fused-ring (bicyclic) bond motifs is 1. The third kappa shape index (κ3) is 4.06. The van der Waals surface area contributed by atoms with Crippen molar-refractivity contribution < 1.29 is 4.79 Å². The highest BCUT2D eigenvalue weighted by molar-refractivity contribution is 5.91. The lowest BCUT2D eigenvalue weighted by atomic mass is 10.0. The van der Waals surface area contributed by atoms with Crippen LogP contribution in [-0.4, -0.2) is 15.9 Å². The van der Waals surface area contributed by atoms with E-state index in [0.29, 0.717) is 12.8 Å². The van der Waals surface area contributed by atoms with Gasteiger partial charge >= 0.3 is 0 Å². The second-order valence-corrected chi connectivity index (χ2v) is 6.76. The Morgan fingerprint density at radius 3 is 2.81 bits per heavy atom. The van der Waals surface area contributed by atoms with Crippen LogP contribution in [0.5, 0.6) is 0 Å². The van der Waals surface area contributed by atoms with Crippen LogP contribution < -0.4 is 5.32 Å². The van der Waals surface area contributed by atoms with Crippen LogP contribution in [0, 0.1) is 6.92 Å². The molecule has 0 radical (unpaired) electrons. The third-order valence-electron chi connectivity index (χ3n) is 4.60. The van der Waals surface area contributed by atoms with E-state index in [0.717, 1.165) is 39.0 Å². The molecule has 0 aliphatic rings. The van der Waals surface area contributed by atoms with Crippen LogP contribution in [0.4, 0.5) is 5.69 Å². The highest BCUT2D eigenvalue weighted by atomic mass is 16.1. The first-order chi connectivity index (χ1) is 13.2. The Bertz CT molecular complexity index is 1100. The van der Waals surface area contributed by atoms with E-state index in [9.17, 15) is 4.79 Å². The molecule has 2 aromatic carbocycles. The zero-order chi connectivity index (χ0) is 18.6. The molecule has 134 valence electrons. The van der Waals surface area contributed by atoms with Gasteiger partial charge in [-0.3, -0.25) is 4.79 Å². The fourth-order valence-corrected chi connectivity index (χ4v) is 3.21. The number of aromatic nitrogens is 2. The van der Waals surface area contributed by atoms with Gasteiger partial charge in [0.2, 0.25) is 5.91 Å². The molecule has 0 aliphatic carbocycles. The summed E-state index contributed by atoms with van der Waals surface area (Å²) in [5.74, 6) is 0.0291. The van der Waals surface area contributed by atoms with Crippen LogP contribution in [-0.2, 0) is 11.2 Å². The molecule has 1 amide bonds. The van der Waals surface area contributed by atoms with Crippen LogP contribution in [0.3, 0.4) is 0 Å². The number of carbonyl (C=O) groups is 1. The van der Waals surface area contributed by atoms with Gasteiger partial charge in [-0.15, -0.1) is 0 Å². The standard InChI is InChI=1S/C23H21N3O/c1-16-4-2-7-21(12-16)26-22(27)9-8-17-5-3-6-18(13-17)20-14-19-10-11-24-23(19)25-15-20/h2-7,10-15H,8-9H2,1H3,(H,24,25)(H,26,27). The van der Waals surface area contributed by atoms with Gasteiger partial charge in [0.15, 0.2) is 0 Å². The van der Waals surface area contributed by atoms with Gasteiger partial charge in [-0.2, -0.15) is 0 Å². The maximum atomic E-state index is 12.2. The number of rotatable bonds is 5. The number of hydrogen-bond donors (Lipinski definition) is 2. The molecule has 0 saturated heterocycles. The number of amides is 1. The first kappa shape index (κ1) is 17.0. The van der Waals surface area contributed by atoms with Crippen molar-refractivity contribution in [2.24, 2.45) is 0 Å². The number of nitrogens with zero attached hydrogens (tertiary/aromatic N) is 1. The van der Waals surface area contributed by atoms with E-state index in [-0.39, 0.29) is 5.91 Å². The Labute approximate surface area is 158 Å². The molecule has 0 saturated carbocycles. The first-order valence-electron chi connectivity index (χ1n) is 9.06. The summed E-state index contributed by atoms with van der Waals surface area (Å²) in [6.45, 7) is 2.01. The molecule has 4 aromatic rings. The lowest BCUT2D eigenvalue weighted by Crippen LogP contribution is -2.12. The maximum absolute atomic E-state index is 12.2. The van der Waals surface area contributed by atoms with Crippen molar-refractivity contribution in [2.45, 2.75) is 19.8 Å². The number of anilines is 1. The van der Waals surface area contributed by atoms with Gasteiger partial charge in [-0.25, -0.2) is 4.98 Å². The second kappa shape index (κ2) is 7.46. The van der Waals surface area contributed by atoms with Crippen molar-refractivity contribution in [2.75, 3.05) is 5.32 Å². The quantitative estimate of drug-likeness (QED) is 0.523. The molecule has 27 heavy (non-hydrogen) atoms. The number of pyridine rings is 1. The zero-order valence-corrected chi connectivity index (χ0v) is 15.2. The van der Waals surface area contributed by atoms with Crippen molar-refractivity contribution in [1.29, 1.82) is 0 Å². The lowest BCUT2D eigenvalue weighted by molar-refractivity contribution is -0.116. The average molecular weight is 355 g/mol. The number of H-pyrrole nitrogens is 1. The maximum Gasteiger partial charge on any atom is 0.224 e. The molecule has 4 rings (SSSR count). The summed E-state index contributed by atoms with van der Waals surface area (Å²) in [6.07, 6.45) is 4.92. The predicted octanol–water partition coefficient (Wildman–Crippen LogP) is 5.11. The zero-order valence-electron chi connectivity index (χ0n) is 15.2. The van der Waals surface area contributed by atoms with Gasteiger partial charge in [-0.05, 0) is 54.3 Å². The van der Waals surface area contributed by atoms with Gasteiger partial charge in [0, 0.05) is 35.5 Å². The molecule has 0 atom stereocenters. The Balaban J connectivity index is 1.44. The summed E-state index contributed by atoms with van der Waals surface area (Å²) >= 11 is 0. The van der Waals surface area contributed by atoms with Gasteiger partial charge < -0.3 is 10.3 Å². The highest BCUT2D eigenvalue weighted by Gasteiger charge is 2.06. The molecular formula is C23H21N3O. The fraction of sp³-hybridized carbons (Fsp3) is 0.130. The van der Waals surface area contributed by atoms with Gasteiger partial charge in [-0.1, -0.05) is 36.4 Å². The van der Waals surface area contributed by atoms with E-state index in [1.807, 2.05) is 55.7 Å². The Morgan fingerprint density at radius 2 is 1.93 bits per heavy atom. The third-order valence-corrected chi connectivity index (χ3v) is 4.60. The first-order valence-corrected chi connectivity index (χ1v) is 9.06. The summed E-state index contributed by atoms with van der Waals surface area (Å²) < 4.78 is 0. The van der Waals surface area contributed by atoms with Crippen LogP contribution >= 0.6 is 0 Å². The summed E-state index contributed by atoms with van der Waals surface area (Å²) in [6, 6.07) is 20.3. The van der Waals surface area contributed by atoms with Crippen molar-refractivity contribution in [3.63, 3.8) is 0 Å². The molecule has 0 bridgehead atoms. The summed E-state index contributed by atoms with van der Waals surface area (Å²) in [5, 5.41) is 4.06. The molecule has 0 spiro atoms. The van der Waals surface area contributed by atoms with E-state index >= 15 is 0 Å². The topological polar surface area (TPSA) is 57.8 Å². The van der Waals surface area contributed by atoms with Crippen molar-refractivity contribution in [3.05, 3.63) is 84.2 Å². The normalized spacial score (nSPS) is 10.9. The van der Waals surface area contributed by atoms with Crippen molar-refractivity contribution >= 4 is 22.6 Å². The Morgan fingerprint density at radius 1 is 1.04 bits per heavy atom. The van der Waals surface area contributed by atoms with Gasteiger partial charge in [0.05, 0.1) is 0 Å². The van der Waals surface area contributed by atoms with Crippen molar-refractivity contribution in [3.8, 4) is 11.1 Å². The van der Waals surface area contributed by atoms with E-state index < -0.39 is 0 Å². The van der Waals surface area contributed by atoms with Crippen LogP contribution in [0.1, 0.15) is 17.5 Å². The lowest BCUT2D eigenvalue weighted by Gasteiger charge is -2.08. The summed E-state index contributed by atoms with van der Waals surface area (Å²) in [5.41, 5.74) is 6.20. The number of nitrogens with one attached hydrogen (secondary N) is 2. The molecule has 2 aromatic heterocycles. The minimum atomic E-state index is 0.0291. The number of benzene rings is 2. The minimum absolute atomic E-state index is 0.0291. The van der Waals surface area contributed by atoms with E-state index in [1.54, 1.807) is 0 Å². The number of hydrogen-bond acceptors (Lipinski definition) is 2. The summed E-state index contributed by atoms with van der Waals surface area (Å²) in [7, 11) is 0. The number of aryl methyl sites for hydroxylation is 2. The number of carbonyl (C=O) groups excluding carboxylic acids is 1. The predicted molar refractivity (Wildman–Crippen MR) is 110 cm³/mol. The Kier molecular flexibility index (Phi) is 4.71. The molecule has 4 heteroatoms. The molecule has 2 heterocycles. The largest absolute Gasteiger partial charge is 0.346 e. The van der Waals surface area contributed by atoms with Crippen LogP contribution in [0.15, 0.2) is 73.1 Å². The van der Waals surface area contributed by atoms with Crippen LogP contribution in [0.2, 0.25) is 0 Å². The van der Waals surface area contributed by atoms with Gasteiger partial charge in [0.1, 0.15) is 5.65 Å². The molecule has 2 N–H and O–H groups in total. The molecular weight excluding hydrogens is 334 g/mol. The number of aromatic amines is 1. The van der Waals surface area contributed by atoms with Gasteiger partial charge in [0.25, 0.3) is 0 Å². The monoisotopic (exact) mass is 355 g/mol. The molecule has 0 unspecified atom stereocenters. The average Bonchev–Trinajstić information content (AvgIpc) is 3.14.